The minimum Gasteiger partial charge on any atom is -0.364 e. The third-order valence-corrected chi connectivity index (χ3v) is 2.66. The first kappa shape index (κ1) is 13.3. The first-order valence-corrected chi connectivity index (χ1v) is 4.87. The lowest BCUT2D eigenvalue weighted by Crippen LogP contribution is -2.51. The Hall–Kier alpha value is -0.810. The molecule has 0 aliphatic heterocycles. The Morgan fingerprint density at radius 3 is 2.56 bits per heavy atom. The molecule has 16 heavy (non-hydrogen) atoms. The molecule has 90 valence electrons. The Morgan fingerprint density at radius 2 is 2.12 bits per heavy atom. The van der Waals surface area contributed by atoms with Crippen molar-refractivity contribution < 1.29 is 22.7 Å². The number of hydrogen-bond acceptors (Lipinski definition) is 2. The van der Waals surface area contributed by atoms with Crippen LogP contribution in [0.5, 0.6) is 0 Å². The summed E-state index contributed by atoms with van der Waals surface area (Å²) in [5.74, 6) is -1.13. The van der Waals surface area contributed by atoms with Crippen LogP contribution in [0.15, 0.2) is 24.3 Å². The third kappa shape index (κ3) is 2.30. The lowest BCUT2D eigenvalue weighted by Gasteiger charge is -2.38. The first-order chi connectivity index (χ1) is 7.33. The van der Waals surface area contributed by atoms with Crippen LogP contribution < -0.4 is 0 Å². The summed E-state index contributed by atoms with van der Waals surface area (Å²) in [7, 11) is 0.961. The highest BCUT2D eigenvalue weighted by molar-refractivity contribution is 6.63. The van der Waals surface area contributed by atoms with E-state index in [1.54, 1.807) is 0 Å². The molecule has 0 bridgehead atoms. The molecule has 0 heterocycles. The van der Waals surface area contributed by atoms with Gasteiger partial charge < -0.3 is 4.74 Å². The zero-order valence-corrected chi connectivity index (χ0v) is 9.18. The van der Waals surface area contributed by atoms with Gasteiger partial charge in [-0.2, -0.15) is 13.2 Å². The molecule has 0 aromatic carbocycles. The Kier molecular flexibility index (Phi) is 3.80. The molecule has 1 aliphatic carbocycles. The summed E-state index contributed by atoms with van der Waals surface area (Å²) in [5.41, 5.74) is -2.47. The first-order valence-electron chi connectivity index (χ1n) is 4.49. The van der Waals surface area contributed by atoms with Gasteiger partial charge in [0, 0.05) is 19.4 Å². The Morgan fingerprint density at radius 1 is 1.50 bits per heavy atom. The van der Waals surface area contributed by atoms with Gasteiger partial charge in [-0.05, 0) is 17.7 Å². The molecule has 0 fully saturated rings. The molecule has 0 spiro atoms. The van der Waals surface area contributed by atoms with Gasteiger partial charge in [0.25, 0.3) is 0 Å². The number of allylic oxidation sites excluding steroid dienone is 2. The second-order valence-electron chi connectivity index (χ2n) is 3.40. The van der Waals surface area contributed by atoms with E-state index in [1.807, 2.05) is 0 Å². The van der Waals surface area contributed by atoms with Crippen molar-refractivity contribution in [2.45, 2.75) is 18.2 Å². The van der Waals surface area contributed by atoms with E-state index >= 15 is 0 Å². The summed E-state index contributed by atoms with van der Waals surface area (Å²) in [6, 6.07) is 0. The number of alkyl halides is 3. The van der Waals surface area contributed by atoms with Crippen molar-refractivity contribution in [2.24, 2.45) is 5.92 Å². The van der Waals surface area contributed by atoms with E-state index in [0.29, 0.717) is 0 Å². The van der Waals surface area contributed by atoms with Gasteiger partial charge in [0.2, 0.25) is 5.24 Å². The summed E-state index contributed by atoms with van der Waals surface area (Å²) in [5, 5.41) is -0.823. The molecule has 0 aromatic rings. The van der Waals surface area contributed by atoms with Crippen LogP contribution in [0, 0.1) is 5.92 Å². The van der Waals surface area contributed by atoms with Gasteiger partial charge in [-0.25, -0.2) is 0 Å². The van der Waals surface area contributed by atoms with Crippen molar-refractivity contribution in [3.8, 4) is 0 Å². The van der Waals surface area contributed by atoms with Gasteiger partial charge in [-0.1, -0.05) is 18.2 Å². The minimum absolute atomic E-state index is 0.421. The Bertz CT molecular complexity index is 335. The zero-order chi connectivity index (χ0) is 12.4. The summed E-state index contributed by atoms with van der Waals surface area (Å²) >= 11 is 5.13. The summed E-state index contributed by atoms with van der Waals surface area (Å²) < 4.78 is 43.4. The highest BCUT2D eigenvalue weighted by atomic mass is 35.5. The molecular weight excluding hydrogens is 245 g/mol. The average Bonchev–Trinajstić information content (AvgIpc) is 2.16. The van der Waals surface area contributed by atoms with Crippen molar-refractivity contribution >= 4 is 16.8 Å². The van der Waals surface area contributed by atoms with Crippen molar-refractivity contribution in [3.63, 3.8) is 0 Å². The van der Waals surface area contributed by atoms with Gasteiger partial charge in [0.1, 0.15) is 0 Å². The van der Waals surface area contributed by atoms with Crippen LogP contribution in [0.2, 0.25) is 0 Å². The minimum atomic E-state index is -4.60. The fourth-order valence-electron chi connectivity index (χ4n) is 1.70. The molecule has 6 heteroatoms. The number of ether oxygens (including phenoxy) is 1. The quantitative estimate of drug-likeness (QED) is 0.724. The van der Waals surface area contributed by atoms with E-state index in [1.165, 1.54) is 18.2 Å². The number of rotatable bonds is 3. The molecule has 0 N–H and O–H groups in total. The standard InChI is InChI=1S/C10H10ClF3O2/c1-16-9(10(12,13)14)5-3-2-4-7(9)6-8(11)15/h2-5,7H,6H2,1H3/t7-,9?/m1/s1. The van der Waals surface area contributed by atoms with Crippen molar-refractivity contribution in [3.05, 3.63) is 24.3 Å². The molecular formula is C10H10ClF3O2. The molecule has 1 rings (SSSR count). The van der Waals surface area contributed by atoms with Gasteiger partial charge in [-0.15, -0.1) is 0 Å². The highest BCUT2D eigenvalue weighted by Gasteiger charge is 2.58. The predicted octanol–water partition coefficient (Wildman–Crippen LogP) is 2.83. The van der Waals surface area contributed by atoms with Crippen LogP contribution in [0.1, 0.15) is 6.42 Å². The second kappa shape index (κ2) is 4.59. The van der Waals surface area contributed by atoms with Crippen LogP contribution in [-0.2, 0) is 9.53 Å². The van der Waals surface area contributed by atoms with Gasteiger partial charge in [0.05, 0.1) is 0 Å². The van der Waals surface area contributed by atoms with Crippen molar-refractivity contribution in [1.29, 1.82) is 0 Å². The predicted molar refractivity (Wildman–Crippen MR) is 53.0 cm³/mol. The maximum atomic E-state index is 12.9. The summed E-state index contributed by atoms with van der Waals surface area (Å²) in [6.45, 7) is 0. The van der Waals surface area contributed by atoms with E-state index in [-0.39, 0.29) is 0 Å². The van der Waals surface area contributed by atoms with Crippen LogP contribution in [0.4, 0.5) is 13.2 Å². The Balaban J connectivity index is 3.09. The van der Waals surface area contributed by atoms with E-state index in [2.05, 4.69) is 4.74 Å². The maximum Gasteiger partial charge on any atom is 0.421 e. The Labute approximate surface area is 95.7 Å². The number of methoxy groups -OCH3 is 1. The third-order valence-electron chi connectivity index (χ3n) is 2.51. The zero-order valence-electron chi connectivity index (χ0n) is 8.42. The monoisotopic (exact) mass is 254 g/mol. The molecule has 0 saturated carbocycles. The molecule has 0 amide bonds. The van der Waals surface area contributed by atoms with Crippen LogP contribution in [0.25, 0.3) is 0 Å². The normalized spacial score (nSPS) is 29.4. The van der Waals surface area contributed by atoms with Crippen LogP contribution in [-0.4, -0.2) is 24.1 Å². The molecule has 1 aliphatic rings. The number of carbonyl (C=O) groups is 1. The molecule has 1 unspecified atom stereocenters. The number of halogens is 4. The van der Waals surface area contributed by atoms with Gasteiger partial charge >= 0.3 is 6.18 Å². The molecule has 2 atom stereocenters. The van der Waals surface area contributed by atoms with Gasteiger partial charge in [0.15, 0.2) is 5.60 Å². The molecule has 0 saturated heterocycles. The maximum absolute atomic E-state index is 12.9. The summed E-state index contributed by atoms with van der Waals surface area (Å²) in [4.78, 5) is 10.7. The topological polar surface area (TPSA) is 26.3 Å². The number of hydrogen-bond donors (Lipinski definition) is 0. The molecule has 2 nitrogen and oxygen atoms in total. The van der Waals surface area contributed by atoms with E-state index in [0.717, 1.165) is 13.2 Å². The lowest BCUT2D eigenvalue weighted by molar-refractivity contribution is -0.262. The molecule has 0 aromatic heterocycles. The highest BCUT2D eigenvalue weighted by Crippen LogP contribution is 2.44. The summed E-state index contributed by atoms with van der Waals surface area (Å²) in [6.07, 6.45) is -0.162. The van der Waals surface area contributed by atoms with E-state index < -0.39 is 29.4 Å². The smallest absolute Gasteiger partial charge is 0.364 e. The fraction of sp³-hybridized carbons (Fsp3) is 0.500. The SMILES string of the molecule is COC1(C(F)(F)F)C=CC=C[C@@H]1CC(=O)Cl. The van der Waals surface area contributed by atoms with Gasteiger partial charge in [-0.3, -0.25) is 4.79 Å². The average molecular weight is 255 g/mol. The van der Waals surface area contributed by atoms with Crippen LogP contribution >= 0.6 is 11.6 Å². The van der Waals surface area contributed by atoms with Crippen LogP contribution in [0.3, 0.4) is 0 Å². The largest absolute Gasteiger partial charge is 0.421 e. The molecule has 0 radical (unpaired) electrons. The van der Waals surface area contributed by atoms with Crippen molar-refractivity contribution in [2.75, 3.05) is 7.11 Å². The van der Waals surface area contributed by atoms with E-state index in [4.69, 9.17) is 11.6 Å². The van der Waals surface area contributed by atoms with Crippen molar-refractivity contribution in [1.82, 2.24) is 0 Å². The fourth-order valence-corrected chi connectivity index (χ4v) is 1.86. The van der Waals surface area contributed by atoms with E-state index in [9.17, 15) is 18.0 Å². The second-order valence-corrected chi connectivity index (χ2v) is 3.83. The lowest BCUT2D eigenvalue weighted by atomic mass is 9.81. The number of carbonyl (C=O) groups excluding carboxylic acids is 1.